The lowest BCUT2D eigenvalue weighted by Crippen LogP contribution is -2.30. The van der Waals surface area contributed by atoms with Gasteiger partial charge in [-0.1, -0.05) is 198 Å². The number of unbranched alkanes of at least 4 members (excludes halogenated alkanes) is 25. The summed E-state index contributed by atoms with van der Waals surface area (Å²) >= 11 is 0. The van der Waals surface area contributed by atoms with Gasteiger partial charge in [0.15, 0.2) is 6.10 Å². The predicted molar refractivity (Wildman–Crippen MR) is 247 cm³/mol. The molecule has 0 fully saturated rings. The van der Waals surface area contributed by atoms with E-state index in [1.165, 1.54) is 109 Å². The van der Waals surface area contributed by atoms with Crippen LogP contribution in [0.2, 0.25) is 0 Å². The van der Waals surface area contributed by atoms with Crippen LogP contribution < -0.4 is 0 Å². The lowest BCUT2D eigenvalue weighted by atomic mass is 10.1. The van der Waals surface area contributed by atoms with Crippen LogP contribution in [0, 0.1) is 0 Å². The molecule has 1 unspecified atom stereocenters. The third-order valence-corrected chi connectivity index (χ3v) is 10.6. The van der Waals surface area contributed by atoms with Crippen LogP contribution in [-0.2, 0) is 28.6 Å². The SMILES string of the molecule is CC/C=C\C/C=C\C/C=C\CCCCCCCCCC(=O)OCC(COC(=O)CCCCCCCCCC)OC(=O)CCCCCCC/C=C\CCCCCCCC. The largest absolute Gasteiger partial charge is 0.462 e. The van der Waals surface area contributed by atoms with Gasteiger partial charge < -0.3 is 14.2 Å². The maximum Gasteiger partial charge on any atom is 0.306 e. The van der Waals surface area contributed by atoms with Gasteiger partial charge in [-0.05, 0) is 77.0 Å². The van der Waals surface area contributed by atoms with E-state index in [-0.39, 0.29) is 31.1 Å². The Hall–Kier alpha value is -2.63. The summed E-state index contributed by atoms with van der Waals surface area (Å²) < 4.78 is 16.7. The number of hydrogen-bond acceptors (Lipinski definition) is 6. The van der Waals surface area contributed by atoms with Crippen molar-refractivity contribution in [3.05, 3.63) is 48.6 Å². The summed E-state index contributed by atoms with van der Waals surface area (Å²) in [6.45, 7) is 6.48. The molecule has 58 heavy (non-hydrogen) atoms. The van der Waals surface area contributed by atoms with Crippen LogP contribution in [0.25, 0.3) is 0 Å². The van der Waals surface area contributed by atoms with Crippen molar-refractivity contribution in [3.8, 4) is 0 Å². The second-order valence-corrected chi connectivity index (χ2v) is 16.3. The average Bonchev–Trinajstić information content (AvgIpc) is 3.22. The van der Waals surface area contributed by atoms with E-state index in [2.05, 4.69) is 69.4 Å². The maximum absolute atomic E-state index is 12.7. The summed E-state index contributed by atoms with van der Waals surface area (Å²) in [5, 5.41) is 0. The molecular weight excluding hydrogens is 721 g/mol. The van der Waals surface area contributed by atoms with Gasteiger partial charge in [-0.15, -0.1) is 0 Å². The smallest absolute Gasteiger partial charge is 0.306 e. The van der Waals surface area contributed by atoms with Gasteiger partial charge in [0.1, 0.15) is 13.2 Å². The number of carbonyl (C=O) groups excluding carboxylic acids is 3. The minimum atomic E-state index is -0.777. The Bertz CT molecular complexity index is 1030. The fourth-order valence-electron chi connectivity index (χ4n) is 6.86. The van der Waals surface area contributed by atoms with Crippen LogP contribution in [0.5, 0.6) is 0 Å². The van der Waals surface area contributed by atoms with E-state index in [0.717, 1.165) is 96.3 Å². The fraction of sp³-hybridized carbons (Fsp3) is 0.788. The zero-order valence-electron chi connectivity index (χ0n) is 38.3. The Labute approximate surface area is 358 Å². The van der Waals surface area contributed by atoms with E-state index >= 15 is 0 Å². The second kappa shape index (κ2) is 47.1. The molecule has 0 aliphatic heterocycles. The molecule has 0 aliphatic rings. The van der Waals surface area contributed by atoms with Gasteiger partial charge in [-0.2, -0.15) is 0 Å². The first-order chi connectivity index (χ1) is 28.5. The monoisotopic (exact) mass is 813 g/mol. The second-order valence-electron chi connectivity index (χ2n) is 16.3. The molecule has 6 nitrogen and oxygen atoms in total. The number of rotatable bonds is 44. The predicted octanol–water partition coefficient (Wildman–Crippen LogP) is 15.9. The highest BCUT2D eigenvalue weighted by molar-refractivity contribution is 5.71. The number of allylic oxidation sites excluding steroid dienone is 8. The van der Waals surface area contributed by atoms with Gasteiger partial charge in [0, 0.05) is 19.3 Å². The van der Waals surface area contributed by atoms with Crippen molar-refractivity contribution in [2.75, 3.05) is 13.2 Å². The van der Waals surface area contributed by atoms with Crippen LogP contribution in [0.4, 0.5) is 0 Å². The molecule has 0 aromatic carbocycles. The van der Waals surface area contributed by atoms with Crippen LogP contribution >= 0.6 is 0 Å². The lowest BCUT2D eigenvalue weighted by Gasteiger charge is -2.18. The first-order valence-electron chi connectivity index (χ1n) is 24.6. The van der Waals surface area contributed by atoms with Gasteiger partial charge in [0.05, 0.1) is 0 Å². The summed E-state index contributed by atoms with van der Waals surface area (Å²) in [6.07, 6.45) is 55.3. The van der Waals surface area contributed by atoms with Gasteiger partial charge >= 0.3 is 17.9 Å². The number of hydrogen-bond donors (Lipinski definition) is 0. The molecule has 0 N–H and O–H groups in total. The zero-order chi connectivity index (χ0) is 42.3. The minimum absolute atomic E-state index is 0.0783. The standard InChI is InChI=1S/C52H92O6/c1-4-7-10-13-16-19-21-23-25-26-28-29-31-33-36-39-42-45-51(54)57-48-49(47-56-50(53)44-41-38-35-18-15-12-9-6-3)58-52(55)46-43-40-37-34-32-30-27-24-22-20-17-14-11-8-5-2/h7,10,16,19,23-25,27,49H,4-6,8-9,11-15,17-18,20-22,26,28-48H2,1-3H3/b10-7-,19-16-,25-23-,27-24-. The van der Waals surface area contributed by atoms with Crippen LogP contribution in [0.3, 0.4) is 0 Å². The molecule has 0 aliphatic carbocycles. The maximum atomic E-state index is 12.7. The summed E-state index contributed by atoms with van der Waals surface area (Å²) in [7, 11) is 0. The van der Waals surface area contributed by atoms with Crippen LogP contribution in [0.1, 0.15) is 245 Å². The Morgan fingerprint density at radius 2 is 0.672 bits per heavy atom. The van der Waals surface area contributed by atoms with E-state index in [4.69, 9.17) is 14.2 Å². The topological polar surface area (TPSA) is 78.9 Å². The van der Waals surface area contributed by atoms with Gasteiger partial charge in [0.25, 0.3) is 0 Å². The number of esters is 3. The van der Waals surface area contributed by atoms with Crippen LogP contribution in [-0.4, -0.2) is 37.2 Å². The molecule has 0 spiro atoms. The van der Waals surface area contributed by atoms with Gasteiger partial charge in [-0.25, -0.2) is 0 Å². The number of ether oxygens (including phenoxy) is 3. The summed E-state index contributed by atoms with van der Waals surface area (Å²) in [5.74, 6) is -0.898. The highest BCUT2D eigenvalue weighted by atomic mass is 16.6. The molecule has 0 saturated carbocycles. The molecule has 0 aromatic heterocycles. The third kappa shape index (κ3) is 44.5. The Kier molecular flexibility index (Phi) is 44.9. The molecular formula is C52H92O6. The Morgan fingerprint density at radius 3 is 1.07 bits per heavy atom. The third-order valence-electron chi connectivity index (χ3n) is 10.6. The minimum Gasteiger partial charge on any atom is -0.462 e. The molecule has 0 bridgehead atoms. The van der Waals surface area contributed by atoms with Crippen molar-refractivity contribution in [2.24, 2.45) is 0 Å². The first-order valence-corrected chi connectivity index (χ1v) is 24.6. The van der Waals surface area contributed by atoms with E-state index < -0.39 is 6.10 Å². The Balaban J connectivity index is 4.32. The van der Waals surface area contributed by atoms with Crippen molar-refractivity contribution >= 4 is 17.9 Å². The number of carbonyl (C=O) groups is 3. The molecule has 6 heteroatoms. The summed E-state index contributed by atoms with van der Waals surface area (Å²) in [4.78, 5) is 37.8. The summed E-state index contributed by atoms with van der Waals surface area (Å²) in [6, 6.07) is 0. The highest BCUT2D eigenvalue weighted by Crippen LogP contribution is 2.14. The molecule has 0 radical (unpaired) electrons. The fourth-order valence-corrected chi connectivity index (χ4v) is 6.86. The van der Waals surface area contributed by atoms with Gasteiger partial charge in [0.2, 0.25) is 0 Å². The molecule has 0 rings (SSSR count). The van der Waals surface area contributed by atoms with Gasteiger partial charge in [-0.3, -0.25) is 14.4 Å². The zero-order valence-corrected chi connectivity index (χ0v) is 38.3. The molecule has 0 saturated heterocycles. The van der Waals surface area contributed by atoms with Crippen molar-refractivity contribution < 1.29 is 28.6 Å². The van der Waals surface area contributed by atoms with Crippen molar-refractivity contribution in [2.45, 2.75) is 252 Å². The van der Waals surface area contributed by atoms with Crippen molar-refractivity contribution in [3.63, 3.8) is 0 Å². The molecule has 1 atom stereocenters. The highest BCUT2D eigenvalue weighted by Gasteiger charge is 2.19. The van der Waals surface area contributed by atoms with Crippen LogP contribution in [0.15, 0.2) is 48.6 Å². The molecule has 0 heterocycles. The van der Waals surface area contributed by atoms with Crippen molar-refractivity contribution in [1.82, 2.24) is 0 Å². The van der Waals surface area contributed by atoms with E-state index in [1.807, 2.05) is 0 Å². The molecule has 0 aromatic rings. The van der Waals surface area contributed by atoms with E-state index in [9.17, 15) is 14.4 Å². The molecule has 336 valence electrons. The summed E-state index contributed by atoms with van der Waals surface area (Å²) in [5.41, 5.74) is 0. The quantitative estimate of drug-likeness (QED) is 0.0264. The van der Waals surface area contributed by atoms with Crippen molar-refractivity contribution in [1.29, 1.82) is 0 Å². The van der Waals surface area contributed by atoms with E-state index in [1.54, 1.807) is 0 Å². The normalized spacial score (nSPS) is 12.4. The van der Waals surface area contributed by atoms with E-state index in [0.29, 0.717) is 19.3 Å². The molecule has 0 amide bonds. The lowest BCUT2D eigenvalue weighted by molar-refractivity contribution is -0.167. The Morgan fingerprint density at radius 1 is 0.362 bits per heavy atom. The first kappa shape index (κ1) is 55.4. The average molecular weight is 813 g/mol.